The molecule has 6 aromatic rings. The van der Waals surface area contributed by atoms with Gasteiger partial charge in [0.25, 0.3) is 0 Å². The van der Waals surface area contributed by atoms with Gasteiger partial charge >= 0.3 is 40.7 Å². The smallest absolute Gasteiger partial charge is 0.674 e. The van der Waals surface area contributed by atoms with Gasteiger partial charge in [0.05, 0.1) is 147 Å². The zero-order valence-electron chi connectivity index (χ0n) is 55.4. The number of esters is 4. The topological polar surface area (TPSA) is 313 Å². The van der Waals surface area contributed by atoms with Crippen molar-refractivity contribution in [3.05, 3.63) is 182 Å². The monoisotopic (exact) mass is 1410 g/mol. The number of allylic oxidation sites excluding steroid dienone is 3. The number of nitrogens with zero attached hydrogens (tertiary/aromatic N) is 4. The number of rotatable bonds is 6. The summed E-state index contributed by atoms with van der Waals surface area (Å²) >= 11 is 0. The molecule has 9 atom stereocenters. The Morgan fingerprint density at radius 1 is 0.406 bits per heavy atom. The summed E-state index contributed by atoms with van der Waals surface area (Å²) in [5.41, 5.74) is 5.40. The molecule has 24 nitrogen and oxygen atoms in total. The Morgan fingerprint density at radius 3 is 1.22 bits per heavy atom. The van der Waals surface area contributed by atoms with Gasteiger partial charge in [-0.25, -0.2) is 4.99 Å². The second-order valence-electron chi connectivity index (χ2n) is 25.9. The van der Waals surface area contributed by atoms with Gasteiger partial charge in [0.15, 0.2) is 0 Å². The van der Waals surface area contributed by atoms with Gasteiger partial charge in [-0.3, -0.25) is 38.4 Å². The third kappa shape index (κ3) is 13.1. The van der Waals surface area contributed by atoms with Crippen LogP contribution in [0.3, 0.4) is 0 Å². The summed E-state index contributed by atoms with van der Waals surface area (Å²) in [6.07, 6.45) is 9.38. The molecule has 2 aromatic heterocycles. The quantitative estimate of drug-likeness (QED) is 0.0919. The summed E-state index contributed by atoms with van der Waals surface area (Å²) in [7, 11) is 6.12. The standard InChI is InChI=1S/C76H72N8O16.Co/c1-93-57-17-11-18-58(94-2)67(57)65-53-25-21-49(77-53)63-51-23-27-55(79-51)66(68-59(95-3)19-12-20-60(68)96-4)56-28-24-52(80-56)64(50-22-26-54(65)78-50)62-46-14-10-16-48(62)84-72(88)40-36-44(40)76(92)100-32-8-7-31-99-75(91)43-35-39(43)71(87)83-47-15-9-13-45(61(47)63)81-69(85)37-33-41(37)73(89)97-29-5-6-30-98-74(90)42-34-38(42)70(86)82-46;/h9-28,37-44,53H,5-8,29-36H2,1-4H3,(H7,77,78,79,80,81,82,83,84,85,86,87,88);/q;+3/p-3/b65-54+;/t37?,38-,39?,40-,41+,42+,43?,44?,53?;/m1./s1. The van der Waals surface area contributed by atoms with E-state index < -0.39 is 101 Å². The van der Waals surface area contributed by atoms with Crippen molar-refractivity contribution in [3.8, 4) is 23.0 Å². The number of aliphatic imine (C=N–C) groups is 1. The van der Waals surface area contributed by atoms with Crippen molar-refractivity contribution in [2.24, 2.45) is 52.3 Å². The number of benzene rings is 4. The Morgan fingerprint density at radius 2 is 0.792 bits per heavy atom. The molecule has 9 heterocycles. The molecule has 7 aliphatic heterocycles. The molecule has 17 rings (SSSR count). The van der Waals surface area contributed by atoms with E-state index in [-0.39, 0.29) is 103 Å². The van der Waals surface area contributed by atoms with Crippen molar-refractivity contribution in [3.63, 3.8) is 0 Å². The molecular formula is C76H69CoN8O16. The molecule has 4 fully saturated rings. The minimum Gasteiger partial charge on any atom is -0.674 e. The molecular weight excluding hydrogens is 1340 g/mol. The van der Waals surface area contributed by atoms with Crippen LogP contribution in [0.15, 0.2) is 138 Å². The van der Waals surface area contributed by atoms with E-state index in [0.29, 0.717) is 121 Å². The number of aromatic nitrogens is 2. The van der Waals surface area contributed by atoms with Crippen LogP contribution in [0.1, 0.15) is 85.0 Å². The molecule has 0 saturated heterocycles. The van der Waals surface area contributed by atoms with Gasteiger partial charge in [0.1, 0.15) is 23.0 Å². The van der Waals surface area contributed by atoms with Gasteiger partial charge in [0, 0.05) is 16.7 Å². The van der Waals surface area contributed by atoms with E-state index in [2.05, 4.69) is 21.3 Å². The van der Waals surface area contributed by atoms with Crippen LogP contribution in [0.5, 0.6) is 23.0 Å². The van der Waals surface area contributed by atoms with Crippen LogP contribution in [0.25, 0.3) is 27.6 Å². The molecule has 12 bridgehead atoms. The van der Waals surface area contributed by atoms with Crippen molar-refractivity contribution in [1.29, 1.82) is 0 Å². The Bertz CT molecular complexity index is 4590. The molecule has 11 aliphatic rings. The van der Waals surface area contributed by atoms with Crippen LogP contribution in [-0.4, -0.2) is 114 Å². The number of ether oxygens (including phenoxy) is 8. The second-order valence-corrected chi connectivity index (χ2v) is 25.9. The molecule has 25 heteroatoms. The Kier molecular flexibility index (Phi) is 18.7. The Labute approximate surface area is 589 Å². The van der Waals surface area contributed by atoms with Crippen LogP contribution >= 0.6 is 0 Å². The largest absolute Gasteiger partial charge is 3.00 e. The van der Waals surface area contributed by atoms with E-state index in [0.717, 1.165) is 0 Å². The van der Waals surface area contributed by atoms with Gasteiger partial charge in [-0.15, -0.1) is 27.8 Å². The number of anilines is 4. The summed E-state index contributed by atoms with van der Waals surface area (Å²) in [6, 6.07) is 27.0. The maximum absolute atomic E-state index is 14.8. The van der Waals surface area contributed by atoms with Crippen molar-refractivity contribution in [2.45, 2.75) is 57.4 Å². The van der Waals surface area contributed by atoms with Gasteiger partial charge in [-0.1, -0.05) is 72.3 Å². The molecule has 4 saturated carbocycles. The molecule has 4 aliphatic carbocycles. The predicted molar refractivity (Wildman–Crippen MR) is 364 cm³/mol. The van der Waals surface area contributed by atoms with E-state index in [1.807, 2.05) is 18.2 Å². The van der Waals surface area contributed by atoms with Crippen molar-refractivity contribution < 1.29 is 93.0 Å². The number of carbonyl (C=O) groups excluding carboxylic acids is 8. The first-order chi connectivity index (χ1) is 48.7. The van der Waals surface area contributed by atoms with Crippen LogP contribution in [0.2, 0.25) is 0 Å². The summed E-state index contributed by atoms with van der Waals surface area (Å²) in [5.74, 6) is -9.10. The molecule has 518 valence electrons. The number of hydrogen-bond donors (Lipinski definition) is 4. The average molecular weight is 1410 g/mol. The van der Waals surface area contributed by atoms with E-state index in [4.69, 9.17) is 58.2 Å². The first kappa shape index (κ1) is 67.3. The number of fused-ring (bicyclic) bond motifs is 18. The average Bonchev–Trinajstić information content (AvgIpc) is 1.57. The minimum absolute atomic E-state index is 0. The van der Waals surface area contributed by atoms with Gasteiger partial charge in [-0.05, 0) is 123 Å². The third-order valence-corrected chi connectivity index (χ3v) is 19.6. The molecule has 0 spiro atoms. The molecule has 101 heavy (non-hydrogen) atoms. The first-order valence-electron chi connectivity index (χ1n) is 33.5. The van der Waals surface area contributed by atoms with Crippen LogP contribution in [-0.2, 0) is 74.1 Å². The maximum Gasteiger partial charge on any atom is 3.00 e. The summed E-state index contributed by atoms with van der Waals surface area (Å²) < 4.78 is 47.4. The van der Waals surface area contributed by atoms with E-state index >= 15 is 0 Å². The maximum atomic E-state index is 14.8. The van der Waals surface area contributed by atoms with E-state index in [1.165, 1.54) is 28.4 Å². The fraction of sp³-hybridized carbons (Fsp3) is 0.329. The molecule has 0 radical (unpaired) electrons. The van der Waals surface area contributed by atoms with Crippen LogP contribution in [0, 0.1) is 47.3 Å². The number of hydrogen-bond acceptors (Lipinski definition) is 17. The summed E-state index contributed by atoms with van der Waals surface area (Å²) in [6.45, 7) is -0.0238. The number of amides is 4. The predicted octanol–water partition coefficient (Wildman–Crippen LogP) is 7.65. The van der Waals surface area contributed by atoms with Gasteiger partial charge < -0.3 is 74.4 Å². The number of carbonyl (C=O) groups is 8. The number of methoxy groups -OCH3 is 4. The second kappa shape index (κ2) is 28.0. The Hall–Kier alpha value is -10.9. The zero-order valence-corrected chi connectivity index (χ0v) is 56.4. The summed E-state index contributed by atoms with van der Waals surface area (Å²) in [4.78, 5) is 131. The zero-order chi connectivity index (χ0) is 69.0. The first-order valence-corrected chi connectivity index (χ1v) is 33.5. The summed E-state index contributed by atoms with van der Waals surface area (Å²) in [5, 5.41) is 18.8. The molecule has 4 N–H and O–H groups in total. The Balaban J connectivity index is 0.00000866. The van der Waals surface area contributed by atoms with Crippen molar-refractivity contribution in [1.82, 2.24) is 9.97 Å². The van der Waals surface area contributed by atoms with Crippen molar-refractivity contribution in [2.75, 3.05) is 76.1 Å². The van der Waals surface area contributed by atoms with Crippen molar-refractivity contribution >= 4 is 98.3 Å². The van der Waals surface area contributed by atoms with Gasteiger partial charge in [0.2, 0.25) is 23.6 Å². The SMILES string of the molecule is COc1cccc(OC)c1/C1=C2\C=CC(=N2)/C2=c3/cc/c([n-]3)=C(\c3c(OC)cccc3OC)C3C=C/C(=C(/c4ccc1[n-]4)c1c4cccc1NC(=O)C1C[C@@H]1C(=O)OCCCCOC(=O)[C@H]1C[C@H]1C(=O)Nc1cccc(c12)NC(=O)[C@@H]1CC1C(=O)OCCCCOC(=O)C1CC1C(=O)N4)[N-]3.[Co+3]. The normalized spacial score (nSPS) is 27.4. The van der Waals surface area contributed by atoms with Crippen LogP contribution < -0.4 is 60.9 Å². The minimum atomic E-state index is -0.937. The fourth-order valence-electron chi connectivity index (χ4n) is 13.9. The van der Waals surface area contributed by atoms with Crippen LogP contribution in [0.4, 0.5) is 22.7 Å². The molecule has 4 aromatic carbocycles. The number of nitrogens with one attached hydrogen (secondary N) is 4. The fourth-order valence-corrected chi connectivity index (χ4v) is 13.9. The van der Waals surface area contributed by atoms with E-state index in [1.54, 1.807) is 103 Å². The molecule has 4 amide bonds. The molecule has 5 unspecified atom stereocenters. The van der Waals surface area contributed by atoms with Gasteiger partial charge in [-0.2, -0.15) is 0 Å². The van der Waals surface area contributed by atoms with E-state index in [9.17, 15) is 38.4 Å². The third-order valence-electron chi connectivity index (χ3n) is 19.6.